The minimum Gasteiger partial charge on any atom is -0.340 e. The van der Waals surface area contributed by atoms with Gasteiger partial charge in [-0.25, -0.2) is 0 Å². The van der Waals surface area contributed by atoms with E-state index in [4.69, 9.17) is 0 Å². The molecule has 1 atom stereocenters. The van der Waals surface area contributed by atoms with E-state index in [1.807, 2.05) is 13.8 Å². The molecule has 1 aromatic carbocycles. The van der Waals surface area contributed by atoms with Crippen LogP contribution in [0.25, 0.3) is 0 Å². The third-order valence-corrected chi connectivity index (χ3v) is 2.88. The highest BCUT2D eigenvalue weighted by atomic mass is 16.2. The van der Waals surface area contributed by atoms with Crippen LogP contribution in [0.3, 0.4) is 0 Å². The first kappa shape index (κ1) is 16.6. The van der Waals surface area contributed by atoms with Gasteiger partial charge in [0.2, 0.25) is 11.8 Å². The van der Waals surface area contributed by atoms with E-state index in [2.05, 4.69) is 10.6 Å². The lowest BCUT2D eigenvalue weighted by atomic mass is 10.0. The number of hydrogen-bond donors (Lipinski definition) is 2. The lowest BCUT2D eigenvalue weighted by Gasteiger charge is -2.22. The minimum atomic E-state index is -0.745. The zero-order valence-corrected chi connectivity index (χ0v) is 12.0. The first-order valence-corrected chi connectivity index (χ1v) is 6.80. The predicted molar refractivity (Wildman–Crippen MR) is 76.8 cm³/mol. The summed E-state index contributed by atoms with van der Waals surface area (Å²) in [5, 5.41) is 4.67. The molecule has 112 valence electrons. The Morgan fingerprint density at radius 3 is 2.57 bits per heavy atom. The Hall–Kier alpha value is -2.50. The summed E-state index contributed by atoms with van der Waals surface area (Å²) in [6.45, 7) is 4.00. The lowest BCUT2D eigenvalue weighted by Crippen LogP contribution is -2.52. The van der Waals surface area contributed by atoms with Crippen molar-refractivity contribution in [2.24, 2.45) is 0 Å². The molecule has 21 heavy (non-hydrogen) atoms. The topological polar surface area (TPSA) is 92.3 Å². The molecule has 6 heteroatoms. The van der Waals surface area contributed by atoms with Crippen LogP contribution in [0.15, 0.2) is 24.3 Å². The van der Waals surface area contributed by atoms with Crippen molar-refractivity contribution in [2.75, 3.05) is 0 Å². The van der Waals surface area contributed by atoms with Crippen LogP contribution in [-0.2, 0) is 9.59 Å². The van der Waals surface area contributed by atoms with Gasteiger partial charge in [-0.1, -0.05) is 32.0 Å². The SMILES string of the molecule is CC.O=Cc1ccccc1C(=O)NC1CCC(=O)NC1=O. The van der Waals surface area contributed by atoms with Gasteiger partial charge in [-0.2, -0.15) is 0 Å². The van der Waals surface area contributed by atoms with E-state index in [1.165, 1.54) is 12.1 Å². The Morgan fingerprint density at radius 1 is 1.29 bits per heavy atom. The van der Waals surface area contributed by atoms with Crippen LogP contribution in [0, 0.1) is 0 Å². The maximum absolute atomic E-state index is 12.0. The number of carbonyl (C=O) groups excluding carboxylic acids is 4. The van der Waals surface area contributed by atoms with Gasteiger partial charge < -0.3 is 5.32 Å². The van der Waals surface area contributed by atoms with Gasteiger partial charge in [-0.15, -0.1) is 0 Å². The van der Waals surface area contributed by atoms with Gasteiger partial charge in [0.1, 0.15) is 6.04 Å². The fourth-order valence-corrected chi connectivity index (χ4v) is 1.87. The Balaban J connectivity index is 0.00000106. The summed E-state index contributed by atoms with van der Waals surface area (Å²) in [5.41, 5.74) is 0.467. The molecule has 0 saturated carbocycles. The van der Waals surface area contributed by atoms with Crippen LogP contribution in [0.1, 0.15) is 47.4 Å². The standard InChI is InChI=1S/C13H12N2O4.C2H6/c16-7-8-3-1-2-4-9(8)12(18)14-10-5-6-11(17)15-13(10)19;1-2/h1-4,7,10H,5-6H2,(H,14,18)(H,15,17,19);1-2H3. The van der Waals surface area contributed by atoms with Crippen LogP contribution in [-0.4, -0.2) is 30.0 Å². The van der Waals surface area contributed by atoms with Gasteiger partial charge in [-0.05, 0) is 12.5 Å². The summed E-state index contributed by atoms with van der Waals surface area (Å²) < 4.78 is 0. The summed E-state index contributed by atoms with van der Waals surface area (Å²) in [6, 6.07) is 5.56. The van der Waals surface area contributed by atoms with Crippen LogP contribution in [0.2, 0.25) is 0 Å². The van der Waals surface area contributed by atoms with E-state index in [-0.39, 0.29) is 29.9 Å². The highest BCUT2D eigenvalue weighted by Gasteiger charge is 2.28. The molecule has 1 aliphatic rings. The van der Waals surface area contributed by atoms with Crippen molar-refractivity contribution in [3.05, 3.63) is 35.4 Å². The molecular formula is C15H18N2O4. The number of hydrogen-bond acceptors (Lipinski definition) is 4. The third kappa shape index (κ3) is 4.24. The number of nitrogens with one attached hydrogen (secondary N) is 2. The molecule has 2 N–H and O–H groups in total. The van der Waals surface area contributed by atoms with E-state index in [9.17, 15) is 19.2 Å². The van der Waals surface area contributed by atoms with Gasteiger partial charge in [0.05, 0.1) is 0 Å². The summed E-state index contributed by atoms with van der Waals surface area (Å²) in [7, 11) is 0. The number of rotatable bonds is 3. The summed E-state index contributed by atoms with van der Waals surface area (Å²) in [6.07, 6.45) is 1.03. The maximum atomic E-state index is 12.0. The number of piperidine rings is 1. The zero-order chi connectivity index (χ0) is 15.8. The van der Waals surface area contributed by atoms with E-state index < -0.39 is 17.9 Å². The van der Waals surface area contributed by atoms with Crippen LogP contribution >= 0.6 is 0 Å². The summed E-state index contributed by atoms with van der Waals surface area (Å²) in [5.74, 6) is -1.37. The van der Waals surface area contributed by atoms with Gasteiger partial charge in [0.25, 0.3) is 5.91 Å². The summed E-state index contributed by atoms with van der Waals surface area (Å²) >= 11 is 0. The Morgan fingerprint density at radius 2 is 1.95 bits per heavy atom. The third-order valence-electron chi connectivity index (χ3n) is 2.88. The van der Waals surface area contributed by atoms with Crippen LogP contribution < -0.4 is 10.6 Å². The second-order valence-corrected chi connectivity index (χ2v) is 4.18. The van der Waals surface area contributed by atoms with E-state index in [0.29, 0.717) is 6.29 Å². The normalized spacial score (nSPS) is 17.1. The molecule has 1 aliphatic heterocycles. The molecule has 1 fully saturated rings. The highest BCUT2D eigenvalue weighted by molar-refractivity contribution is 6.06. The molecule has 1 aromatic rings. The number of imide groups is 1. The molecule has 1 saturated heterocycles. The Bertz CT molecular complexity index is 554. The van der Waals surface area contributed by atoms with Crippen LogP contribution in [0.4, 0.5) is 0 Å². The first-order valence-electron chi connectivity index (χ1n) is 6.80. The molecule has 0 aromatic heterocycles. The Labute approximate surface area is 122 Å². The fraction of sp³-hybridized carbons (Fsp3) is 0.333. The molecule has 0 bridgehead atoms. The molecule has 0 spiro atoms. The average Bonchev–Trinajstić information content (AvgIpc) is 2.52. The molecule has 1 heterocycles. The monoisotopic (exact) mass is 290 g/mol. The van der Waals surface area contributed by atoms with Gasteiger partial charge in [-0.3, -0.25) is 24.5 Å². The average molecular weight is 290 g/mol. The van der Waals surface area contributed by atoms with Crippen molar-refractivity contribution >= 4 is 24.0 Å². The second-order valence-electron chi connectivity index (χ2n) is 4.18. The van der Waals surface area contributed by atoms with Crippen molar-refractivity contribution in [3.63, 3.8) is 0 Å². The highest BCUT2D eigenvalue weighted by Crippen LogP contribution is 2.09. The lowest BCUT2D eigenvalue weighted by molar-refractivity contribution is -0.134. The molecule has 0 aliphatic carbocycles. The van der Waals surface area contributed by atoms with Crippen molar-refractivity contribution in [1.82, 2.24) is 10.6 Å². The van der Waals surface area contributed by atoms with Crippen molar-refractivity contribution in [1.29, 1.82) is 0 Å². The van der Waals surface area contributed by atoms with Gasteiger partial charge >= 0.3 is 0 Å². The second kappa shape index (κ2) is 7.94. The molecule has 6 nitrogen and oxygen atoms in total. The molecule has 3 amide bonds. The van der Waals surface area contributed by atoms with Crippen molar-refractivity contribution in [3.8, 4) is 0 Å². The number of benzene rings is 1. The molecule has 1 unspecified atom stereocenters. The zero-order valence-electron chi connectivity index (χ0n) is 12.0. The van der Waals surface area contributed by atoms with Gasteiger partial charge in [0, 0.05) is 17.5 Å². The van der Waals surface area contributed by atoms with Crippen molar-refractivity contribution in [2.45, 2.75) is 32.7 Å². The summed E-state index contributed by atoms with van der Waals surface area (Å²) in [4.78, 5) is 45.3. The van der Waals surface area contributed by atoms with E-state index >= 15 is 0 Å². The number of amides is 3. The quantitative estimate of drug-likeness (QED) is 0.643. The largest absolute Gasteiger partial charge is 0.340 e. The van der Waals surface area contributed by atoms with Gasteiger partial charge in [0.15, 0.2) is 6.29 Å². The smallest absolute Gasteiger partial charge is 0.252 e. The molecule has 0 radical (unpaired) electrons. The molecular weight excluding hydrogens is 272 g/mol. The predicted octanol–water partition coefficient (Wildman–Crippen LogP) is 1.06. The Kier molecular flexibility index (Phi) is 6.26. The number of carbonyl (C=O) groups is 4. The van der Waals surface area contributed by atoms with Crippen LogP contribution in [0.5, 0.6) is 0 Å². The van der Waals surface area contributed by atoms with Crippen molar-refractivity contribution < 1.29 is 19.2 Å². The van der Waals surface area contributed by atoms with E-state index in [1.54, 1.807) is 12.1 Å². The minimum absolute atomic E-state index is 0.187. The maximum Gasteiger partial charge on any atom is 0.252 e. The number of aldehydes is 1. The molecule has 2 rings (SSSR count). The fourth-order valence-electron chi connectivity index (χ4n) is 1.87. The first-order chi connectivity index (χ1) is 10.1. The van der Waals surface area contributed by atoms with E-state index in [0.717, 1.165) is 0 Å².